The minimum absolute atomic E-state index is 0.0304. The number of amides is 3. The van der Waals surface area contributed by atoms with Crippen LogP contribution < -0.4 is 10.6 Å². The number of alkyl halides is 1. The van der Waals surface area contributed by atoms with Gasteiger partial charge in [0.25, 0.3) is 11.8 Å². The highest BCUT2D eigenvalue weighted by Crippen LogP contribution is 2.27. The number of nitrogens with one attached hydrogen (secondary N) is 2. The first-order valence-electron chi connectivity index (χ1n) is 8.14. The number of hydrogen-bond acceptors (Lipinski definition) is 11. The standard InChI is InChI=1S/C14H16ClN5O9S2/c1-28-9(22)3-7-11(13(24)20(7)31(25,26)27)18-12(23)10(19-29-2)6-5-30-14(16-6)17-8(21)4-15/h5,7,11H,3-4H2,1-2H3,(H,18,23)(H,16,17,21)(H,25,26,27)/b19-10-. The molecule has 1 aliphatic rings. The van der Waals surface area contributed by atoms with Gasteiger partial charge < -0.3 is 20.2 Å². The molecule has 0 radical (unpaired) electrons. The van der Waals surface area contributed by atoms with Gasteiger partial charge in [-0.15, -0.1) is 22.9 Å². The molecule has 2 rings (SSSR count). The number of hydrogen-bond donors (Lipinski definition) is 3. The Balaban J connectivity index is 2.23. The van der Waals surface area contributed by atoms with Crippen LogP contribution in [0.5, 0.6) is 0 Å². The summed E-state index contributed by atoms with van der Waals surface area (Å²) >= 11 is 6.35. The van der Waals surface area contributed by atoms with Gasteiger partial charge in [0.2, 0.25) is 5.91 Å². The highest BCUT2D eigenvalue weighted by molar-refractivity contribution is 7.84. The molecule has 170 valence electrons. The molecular formula is C14H16ClN5O9S2. The highest BCUT2D eigenvalue weighted by Gasteiger charge is 2.55. The van der Waals surface area contributed by atoms with Crippen molar-refractivity contribution in [2.75, 3.05) is 25.4 Å². The first kappa shape index (κ1) is 24.4. The minimum atomic E-state index is -4.97. The molecule has 0 aromatic carbocycles. The van der Waals surface area contributed by atoms with Gasteiger partial charge in [-0.05, 0) is 0 Å². The summed E-state index contributed by atoms with van der Waals surface area (Å²) < 4.78 is 36.5. The van der Waals surface area contributed by atoms with Crippen molar-refractivity contribution in [1.82, 2.24) is 14.6 Å². The van der Waals surface area contributed by atoms with Crippen molar-refractivity contribution in [3.63, 3.8) is 0 Å². The Morgan fingerprint density at radius 3 is 2.61 bits per heavy atom. The largest absolute Gasteiger partial charge is 0.469 e. The van der Waals surface area contributed by atoms with Gasteiger partial charge in [0.1, 0.15) is 24.7 Å². The Kier molecular flexibility index (Phi) is 7.88. The van der Waals surface area contributed by atoms with Gasteiger partial charge in [-0.1, -0.05) is 5.16 Å². The maximum Gasteiger partial charge on any atom is 0.362 e. The second kappa shape index (κ2) is 9.99. The molecule has 31 heavy (non-hydrogen) atoms. The molecule has 17 heteroatoms. The molecule has 1 saturated heterocycles. The Labute approximate surface area is 184 Å². The van der Waals surface area contributed by atoms with E-state index in [1.807, 2.05) is 0 Å². The normalized spacial score (nSPS) is 18.8. The van der Waals surface area contributed by atoms with E-state index in [1.165, 1.54) is 5.38 Å². The topological polar surface area (TPSA) is 194 Å². The Hall–Kier alpha value is -2.82. The second-order valence-electron chi connectivity index (χ2n) is 5.75. The third-order valence-corrected chi connectivity index (χ3v) is 5.77. The molecule has 1 aliphatic heterocycles. The average Bonchev–Trinajstić information content (AvgIpc) is 3.16. The van der Waals surface area contributed by atoms with Crippen molar-refractivity contribution in [1.29, 1.82) is 0 Å². The number of rotatable bonds is 9. The summed E-state index contributed by atoms with van der Waals surface area (Å²) in [7, 11) is -2.79. The number of oxime groups is 1. The monoisotopic (exact) mass is 497 g/mol. The summed E-state index contributed by atoms with van der Waals surface area (Å²) in [5.74, 6) is -3.89. The van der Waals surface area contributed by atoms with E-state index in [9.17, 15) is 32.1 Å². The first-order valence-corrected chi connectivity index (χ1v) is 11.0. The van der Waals surface area contributed by atoms with Gasteiger partial charge in [-0.2, -0.15) is 8.42 Å². The molecule has 0 spiro atoms. The minimum Gasteiger partial charge on any atom is -0.469 e. The zero-order valence-corrected chi connectivity index (χ0v) is 18.3. The van der Waals surface area contributed by atoms with E-state index in [0.29, 0.717) is 0 Å². The number of methoxy groups -OCH3 is 1. The maximum absolute atomic E-state index is 12.7. The maximum atomic E-state index is 12.7. The summed E-state index contributed by atoms with van der Waals surface area (Å²) in [5, 5.41) is 9.61. The number of ether oxygens (including phenoxy) is 1. The summed E-state index contributed by atoms with van der Waals surface area (Å²) in [6.07, 6.45) is -0.616. The lowest BCUT2D eigenvalue weighted by molar-refractivity contribution is -0.151. The number of halogens is 1. The van der Waals surface area contributed by atoms with Crippen molar-refractivity contribution in [2.45, 2.75) is 18.5 Å². The van der Waals surface area contributed by atoms with Crippen molar-refractivity contribution in [3.8, 4) is 0 Å². The number of carbonyl (C=O) groups excluding carboxylic acids is 4. The third-order valence-electron chi connectivity index (χ3n) is 3.82. The van der Waals surface area contributed by atoms with Gasteiger partial charge >= 0.3 is 16.3 Å². The molecule has 2 unspecified atom stereocenters. The van der Waals surface area contributed by atoms with Crippen LogP contribution in [0.2, 0.25) is 0 Å². The quantitative estimate of drug-likeness (QED) is 0.0924. The van der Waals surface area contributed by atoms with Crippen molar-refractivity contribution < 1.29 is 41.7 Å². The van der Waals surface area contributed by atoms with Crippen LogP contribution in [0, 0.1) is 0 Å². The molecule has 14 nitrogen and oxygen atoms in total. The lowest BCUT2D eigenvalue weighted by atomic mass is 9.95. The van der Waals surface area contributed by atoms with Gasteiger partial charge in [0.05, 0.1) is 19.6 Å². The first-order chi connectivity index (χ1) is 14.5. The Morgan fingerprint density at radius 1 is 1.39 bits per heavy atom. The van der Waals surface area contributed by atoms with Crippen molar-refractivity contribution >= 4 is 67.8 Å². The Morgan fingerprint density at radius 2 is 2.06 bits per heavy atom. The molecule has 1 aromatic rings. The summed E-state index contributed by atoms with van der Waals surface area (Å²) in [6.45, 7) is 0. The van der Waals surface area contributed by atoms with Crippen LogP contribution in [0.3, 0.4) is 0 Å². The lowest BCUT2D eigenvalue weighted by Crippen LogP contribution is -2.72. The third kappa shape index (κ3) is 5.66. The van der Waals surface area contributed by atoms with E-state index >= 15 is 0 Å². The van der Waals surface area contributed by atoms with Crippen LogP contribution in [0.25, 0.3) is 0 Å². The molecule has 2 atom stereocenters. The number of esters is 1. The number of carbonyl (C=O) groups is 4. The molecule has 3 amide bonds. The number of aromatic nitrogens is 1. The predicted molar refractivity (Wildman–Crippen MR) is 106 cm³/mol. The fourth-order valence-electron chi connectivity index (χ4n) is 2.51. The number of thiazole rings is 1. The number of anilines is 1. The SMILES string of the molecule is CO/N=C(\C(=O)NC1C(=O)N(S(=O)(=O)O)C1CC(=O)OC)c1csc(NC(=O)CCl)n1. The zero-order chi connectivity index (χ0) is 23.3. The molecule has 3 N–H and O–H groups in total. The average molecular weight is 498 g/mol. The number of β-lactam (4-membered cyclic amide) rings is 1. The van der Waals surface area contributed by atoms with Crippen LogP contribution in [0.15, 0.2) is 10.5 Å². The molecule has 0 saturated carbocycles. The van der Waals surface area contributed by atoms with Crippen molar-refractivity contribution in [3.05, 3.63) is 11.1 Å². The van der Waals surface area contributed by atoms with Crippen LogP contribution in [-0.4, -0.2) is 83.8 Å². The summed E-state index contributed by atoms with van der Waals surface area (Å²) in [6, 6.07) is -2.90. The molecule has 2 heterocycles. The highest BCUT2D eigenvalue weighted by atomic mass is 35.5. The van der Waals surface area contributed by atoms with Gasteiger partial charge in [0, 0.05) is 5.38 Å². The number of nitrogens with zero attached hydrogens (tertiary/aromatic N) is 3. The fourth-order valence-corrected chi connectivity index (χ4v) is 4.17. The van der Waals surface area contributed by atoms with E-state index in [2.05, 4.69) is 30.3 Å². The van der Waals surface area contributed by atoms with E-state index in [4.69, 9.17) is 11.6 Å². The van der Waals surface area contributed by atoms with Crippen LogP contribution in [0.1, 0.15) is 12.1 Å². The van der Waals surface area contributed by atoms with Gasteiger partial charge in [-0.25, -0.2) is 9.29 Å². The molecule has 1 aromatic heterocycles. The lowest BCUT2D eigenvalue weighted by Gasteiger charge is -2.43. The zero-order valence-electron chi connectivity index (χ0n) is 15.9. The van der Waals surface area contributed by atoms with Crippen LogP contribution in [0.4, 0.5) is 5.13 Å². The van der Waals surface area contributed by atoms with E-state index in [0.717, 1.165) is 25.6 Å². The smallest absolute Gasteiger partial charge is 0.362 e. The fraction of sp³-hybridized carbons (Fsp3) is 0.429. The molecule has 0 bridgehead atoms. The predicted octanol–water partition coefficient (Wildman–Crippen LogP) is -1.27. The molecule has 1 fully saturated rings. The molecular weight excluding hydrogens is 482 g/mol. The second-order valence-corrected chi connectivity index (χ2v) is 8.17. The van der Waals surface area contributed by atoms with Crippen molar-refractivity contribution in [2.24, 2.45) is 5.16 Å². The van der Waals surface area contributed by atoms with Crippen LogP contribution in [-0.2, 0) is 39.1 Å². The summed E-state index contributed by atoms with van der Waals surface area (Å²) in [4.78, 5) is 56.3. The van der Waals surface area contributed by atoms with Crippen LogP contribution >= 0.6 is 22.9 Å². The van der Waals surface area contributed by atoms with E-state index in [-0.39, 0.29) is 21.0 Å². The van der Waals surface area contributed by atoms with E-state index < -0.39 is 58.2 Å². The van der Waals surface area contributed by atoms with Gasteiger partial charge in [0.15, 0.2) is 10.8 Å². The van der Waals surface area contributed by atoms with E-state index in [1.54, 1.807) is 0 Å². The summed E-state index contributed by atoms with van der Waals surface area (Å²) in [5.41, 5.74) is -0.433. The Bertz CT molecular complexity index is 1030. The van der Waals surface area contributed by atoms with Gasteiger partial charge in [-0.3, -0.25) is 23.7 Å². The molecule has 0 aliphatic carbocycles.